The van der Waals surface area contributed by atoms with E-state index < -0.39 is 16.8 Å². The Morgan fingerprint density at radius 2 is 1.96 bits per heavy atom. The zero-order chi connectivity index (χ0) is 18.4. The van der Waals surface area contributed by atoms with Crippen molar-refractivity contribution < 1.29 is 23.2 Å². The van der Waals surface area contributed by atoms with Gasteiger partial charge in [0.05, 0.1) is 11.5 Å². The van der Waals surface area contributed by atoms with Crippen LogP contribution < -0.4 is 10.6 Å². The second-order valence-electron chi connectivity index (χ2n) is 4.89. The maximum atomic E-state index is 12.9. The topological polar surface area (TPSA) is 113 Å². The van der Waals surface area contributed by atoms with E-state index in [1.165, 1.54) is 18.2 Å². The number of aliphatic hydroxyl groups excluding tert-OH is 1. The van der Waals surface area contributed by atoms with Crippen LogP contribution in [0, 0.1) is 10.1 Å². The first kappa shape index (κ1) is 18.4. The van der Waals surface area contributed by atoms with Crippen LogP contribution in [0.15, 0.2) is 30.3 Å². The second kappa shape index (κ2) is 7.75. The van der Waals surface area contributed by atoms with Crippen LogP contribution in [0.25, 0.3) is 0 Å². The number of non-ortho nitro benzene ring substituents is 1. The molecule has 0 spiro atoms. The summed E-state index contributed by atoms with van der Waals surface area (Å²) in [5.41, 5.74) is -0.765. The molecule has 0 aliphatic carbocycles. The molecular weight excluding hydrogens is 343 g/mol. The molecule has 0 atom stereocenters. The molecular formula is C14H14F3N5O3. The lowest BCUT2D eigenvalue weighted by molar-refractivity contribution is -0.384. The zero-order valence-electron chi connectivity index (χ0n) is 12.7. The van der Waals surface area contributed by atoms with Gasteiger partial charge in [-0.05, 0) is 5.56 Å². The first-order valence-electron chi connectivity index (χ1n) is 7.08. The molecule has 0 unspecified atom stereocenters. The minimum absolute atomic E-state index is 0.00830. The molecule has 2 aromatic rings. The number of nitrogens with zero attached hydrogens (tertiary/aromatic N) is 3. The smallest absolute Gasteiger partial charge is 0.395 e. The lowest BCUT2D eigenvalue weighted by atomic mass is 10.2. The molecule has 1 aromatic carbocycles. The van der Waals surface area contributed by atoms with Gasteiger partial charge >= 0.3 is 6.18 Å². The summed E-state index contributed by atoms with van der Waals surface area (Å²) in [5.74, 6) is -0.389. The van der Waals surface area contributed by atoms with Crippen molar-refractivity contribution in [2.75, 3.05) is 23.8 Å². The van der Waals surface area contributed by atoms with Gasteiger partial charge in [-0.2, -0.15) is 18.2 Å². The Hall–Kier alpha value is -2.95. The van der Waals surface area contributed by atoms with E-state index in [1.807, 2.05) is 0 Å². The summed E-state index contributed by atoms with van der Waals surface area (Å²) in [6, 6.07) is 6.43. The Morgan fingerprint density at radius 1 is 1.20 bits per heavy atom. The fourth-order valence-corrected chi connectivity index (χ4v) is 1.90. The van der Waals surface area contributed by atoms with E-state index >= 15 is 0 Å². The molecule has 1 aromatic heterocycles. The maximum absolute atomic E-state index is 12.9. The number of hydrogen-bond acceptors (Lipinski definition) is 7. The number of alkyl halides is 3. The van der Waals surface area contributed by atoms with Gasteiger partial charge in [-0.3, -0.25) is 10.1 Å². The number of benzene rings is 1. The van der Waals surface area contributed by atoms with Gasteiger partial charge in [-0.15, -0.1) is 0 Å². The summed E-state index contributed by atoms with van der Waals surface area (Å²) in [4.78, 5) is 17.4. The number of nitro benzene ring substituents is 1. The fraction of sp³-hybridized carbons (Fsp3) is 0.286. The molecule has 134 valence electrons. The predicted molar refractivity (Wildman–Crippen MR) is 83.0 cm³/mol. The molecule has 0 radical (unpaired) electrons. The number of hydrogen-bond donors (Lipinski definition) is 3. The Labute approximate surface area is 139 Å². The number of nitrogens with one attached hydrogen (secondary N) is 2. The van der Waals surface area contributed by atoms with Crippen LogP contribution in [-0.2, 0) is 12.7 Å². The predicted octanol–water partition coefficient (Wildman–Crippen LogP) is 2.42. The summed E-state index contributed by atoms with van der Waals surface area (Å²) < 4.78 is 38.7. The standard InChI is InChI=1S/C14H14F3N5O3/c15-14(16,17)11-7-12(21-13(20-11)18-4-5-23)19-8-9-2-1-3-10(6-9)22(24)25/h1-3,6-7,23H,4-5,8H2,(H2,18,19,20,21). The van der Waals surface area contributed by atoms with Crippen molar-refractivity contribution in [1.29, 1.82) is 0 Å². The van der Waals surface area contributed by atoms with Gasteiger partial charge < -0.3 is 15.7 Å². The second-order valence-corrected chi connectivity index (χ2v) is 4.89. The summed E-state index contributed by atoms with van der Waals surface area (Å²) in [7, 11) is 0. The first-order chi connectivity index (χ1) is 11.8. The molecule has 11 heteroatoms. The number of halogens is 3. The average Bonchev–Trinajstić information content (AvgIpc) is 2.57. The molecule has 0 fully saturated rings. The molecule has 3 N–H and O–H groups in total. The third-order valence-corrected chi connectivity index (χ3v) is 3.01. The van der Waals surface area contributed by atoms with Crippen LogP contribution in [0.3, 0.4) is 0 Å². The van der Waals surface area contributed by atoms with Crippen LogP contribution >= 0.6 is 0 Å². The van der Waals surface area contributed by atoms with Crippen molar-refractivity contribution in [3.8, 4) is 0 Å². The molecule has 0 bridgehead atoms. The van der Waals surface area contributed by atoms with Gasteiger partial charge in [0, 0.05) is 31.3 Å². The summed E-state index contributed by atoms with van der Waals surface area (Å²) >= 11 is 0. The highest BCUT2D eigenvalue weighted by atomic mass is 19.4. The minimum atomic E-state index is -4.67. The lowest BCUT2D eigenvalue weighted by Crippen LogP contribution is -2.15. The molecule has 25 heavy (non-hydrogen) atoms. The Balaban J connectivity index is 2.20. The van der Waals surface area contributed by atoms with Crippen molar-refractivity contribution in [2.24, 2.45) is 0 Å². The van der Waals surface area contributed by atoms with Crippen LogP contribution in [0.1, 0.15) is 11.3 Å². The third-order valence-electron chi connectivity index (χ3n) is 3.01. The Bertz CT molecular complexity index is 755. The largest absolute Gasteiger partial charge is 0.433 e. The molecule has 0 aliphatic heterocycles. The average molecular weight is 357 g/mol. The van der Waals surface area contributed by atoms with Gasteiger partial charge in [0.1, 0.15) is 5.82 Å². The quantitative estimate of drug-likeness (QED) is 0.515. The highest BCUT2D eigenvalue weighted by Gasteiger charge is 2.33. The number of aromatic nitrogens is 2. The van der Waals surface area contributed by atoms with Gasteiger partial charge in [-0.25, -0.2) is 4.98 Å². The molecule has 0 aliphatic rings. The monoisotopic (exact) mass is 357 g/mol. The lowest BCUT2D eigenvalue weighted by Gasteiger charge is -2.12. The number of nitro groups is 1. The summed E-state index contributed by atoms with van der Waals surface area (Å²) in [6.07, 6.45) is -4.67. The highest BCUT2D eigenvalue weighted by molar-refractivity contribution is 5.44. The number of aliphatic hydroxyl groups is 1. The molecule has 2 rings (SSSR count). The highest BCUT2D eigenvalue weighted by Crippen LogP contribution is 2.29. The van der Waals surface area contributed by atoms with Crippen molar-refractivity contribution in [1.82, 2.24) is 9.97 Å². The maximum Gasteiger partial charge on any atom is 0.433 e. The van der Waals surface area contributed by atoms with Crippen molar-refractivity contribution in [3.05, 3.63) is 51.7 Å². The van der Waals surface area contributed by atoms with E-state index in [9.17, 15) is 23.3 Å². The molecule has 0 amide bonds. The van der Waals surface area contributed by atoms with Crippen LogP contribution in [-0.4, -0.2) is 33.1 Å². The van der Waals surface area contributed by atoms with Gasteiger partial charge in [0.2, 0.25) is 5.95 Å². The van der Waals surface area contributed by atoms with E-state index in [0.717, 1.165) is 6.07 Å². The normalized spacial score (nSPS) is 11.2. The number of anilines is 2. The van der Waals surface area contributed by atoms with Crippen molar-refractivity contribution >= 4 is 17.5 Å². The van der Waals surface area contributed by atoms with E-state index in [0.29, 0.717) is 5.56 Å². The summed E-state index contributed by atoms with van der Waals surface area (Å²) in [6.45, 7) is -0.267. The van der Waals surface area contributed by atoms with E-state index in [2.05, 4.69) is 20.6 Å². The molecule has 1 heterocycles. The Morgan fingerprint density at radius 3 is 2.60 bits per heavy atom. The third kappa shape index (κ3) is 5.28. The van der Waals surface area contributed by atoms with Gasteiger partial charge in [0.25, 0.3) is 5.69 Å². The van der Waals surface area contributed by atoms with Crippen molar-refractivity contribution in [3.63, 3.8) is 0 Å². The van der Waals surface area contributed by atoms with Crippen molar-refractivity contribution in [2.45, 2.75) is 12.7 Å². The van der Waals surface area contributed by atoms with Gasteiger partial charge in [-0.1, -0.05) is 12.1 Å². The Kier molecular flexibility index (Phi) is 5.70. The van der Waals surface area contributed by atoms with Crippen LogP contribution in [0.4, 0.5) is 30.6 Å². The van der Waals surface area contributed by atoms with E-state index in [4.69, 9.17) is 5.11 Å². The molecule has 8 nitrogen and oxygen atoms in total. The molecule has 0 saturated heterocycles. The SMILES string of the molecule is O=[N+]([O-])c1cccc(CNc2cc(C(F)(F)F)nc(NCCO)n2)c1. The zero-order valence-corrected chi connectivity index (χ0v) is 12.7. The fourth-order valence-electron chi connectivity index (χ4n) is 1.90. The van der Waals surface area contributed by atoms with Crippen LogP contribution in [0.5, 0.6) is 0 Å². The van der Waals surface area contributed by atoms with E-state index in [-0.39, 0.29) is 37.1 Å². The number of rotatable bonds is 7. The van der Waals surface area contributed by atoms with E-state index in [1.54, 1.807) is 6.07 Å². The van der Waals surface area contributed by atoms with Crippen LogP contribution in [0.2, 0.25) is 0 Å². The molecule has 0 saturated carbocycles. The van der Waals surface area contributed by atoms with Gasteiger partial charge in [0.15, 0.2) is 5.69 Å². The summed E-state index contributed by atoms with van der Waals surface area (Å²) in [5, 5.41) is 24.6. The minimum Gasteiger partial charge on any atom is -0.395 e. The first-order valence-corrected chi connectivity index (χ1v) is 7.08.